The van der Waals surface area contributed by atoms with Crippen LogP contribution in [0.1, 0.15) is 19.8 Å². The van der Waals surface area contributed by atoms with Crippen LogP contribution >= 0.6 is 34.2 Å². The Bertz CT molecular complexity index is 444. The van der Waals surface area contributed by atoms with Crippen molar-refractivity contribution in [1.82, 2.24) is 0 Å². The van der Waals surface area contributed by atoms with Gasteiger partial charge in [0.05, 0.1) is 10.7 Å². The van der Waals surface area contributed by atoms with E-state index in [0.717, 1.165) is 16.4 Å². The van der Waals surface area contributed by atoms with Gasteiger partial charge < -0.3 is 10.1 Å². The third kappa shape index (κ3) is 2.92. The number of halogens is 2. The molecular weight excluding hydrogens is 352 g/mol. The van der Waals surface area contributed by atoms with Gasteiger partial charge in [-0.2, -0.15) is 0 Å². The molecule has 1 unspecified atom stereocenters. The zero-order valence-corrected chi connectivity index (χ0v) is 12.3. The van der Waals surface area contributed by atoms with Crippen LogP contribution < -0.4 is 5.32 Å². The van der Waals surface area contributed by atoms with Crippen LogP contribution in [-0.2, 0) is 9.53 Å². The van der Waals surface area contributed by atoms with Gasteiger partial charge in [0.1, 0.15) is 5.60 Å². The Hall–Kier alpha value is -0.330. The molecule has 0 aliphatic carbocycles. The van der Waals surface area contributed by atoms with Gasteiger partial charge in [0.15, 0.2) is 0 Å². The lowest BCUT2D eigenvalue weighted by atomic mass is 10.0. The second kappa shape index (κ2) is 5.12. The maximum atomic E-state index is 12.1. The second-order valence-corrected chi connectivity index (χ2v) is 5.91. The van der Waals surface area contributed by atoms with Crippen molar-refractivity contribution in [3.05, 3.63) is 26.8 Å². The van der Waals surface area contributed by atoms with E-state index in [-0.39, 0.29) is 5.91 Å². The molecule has 0 saturated carbocycles. The lowest BCUT2D eigenvalue weighted by Crippen LogP contribution is -2.39. The number of carbonyl (C=O) groups excluding carboxylic acids is 1. The van der Waals surface area contributed by atoms with Gasteiger partial charge in [-0.25, -0.2) is 0 Å². The Morgan fingerprint density at radius 2 is 2.35 bits per heavy atom. The monoisotopic (exact) mass is 365 g/mol. The number of ether oxygens (including phenoxy) is 1. The highest BCUT2D eigenvalue weighted by Gasteiger charge is 2.37. The normalized spacial score (nSPS) is 23.7. The summed E-state index contributed by atoms with van der Waals surface area (Å²) in [7, 11) is 0. The molecule has 3 nitrogen and oxygen atoms in total. The molecule has 2 rings (SSSR count). The standard InChI is InChI=1S/C12H13ClINO2/c1-12(5-2-6-17-12)11(16)15-10-4-3-8(14)7-9(10)13/h3-4,7H,2,5-6H2,1H3,(H,15,16). The van der Waals surface area contributed by atoms with Crippen molar-refractivity contribution in [3.8, 4) is 0 Å². The average Bonchev–Trinajstić information content (AvgIpc) is 2.71. The molecule has 1 aromatic rings. The molecule has 0 bridgehead atoms. The number of hydrogen-bond acceptors (Lipinski definition) is 2. The Balaban J connectivity index is 2.13. The third-order valence-electron chi connectivity index (χ3n) is 2.88. The molecule has 1 N–H and O–H groups in total. The molecule has 1 atom stereocenters. The van der Waals surface area contributed by atoms with Crippen molar-refractivity contribution in [2.45, 2.75) is 25.4 Å². The Kier molecular flexibility index (Phi) is 3.95. The fourth-order valence-corrected chi connectivity index (χ4v) is 2.71. The summed E-state index contributed by atoms with van der Waals surface area (Å²) < 4.78 is 6.52. The third-order valence-corrected chi connectivity index (χ3v) is 3.86. The molecule has 1 fully saturated rings. The van der Waals surface area contributed by atoms with E-state index in [1.807, 2.05) is 19.1 Å². The van der Waals surface area contributed by atoms with E-state index in [0.29, 0.717) is 17.3 Å². The predicted molar refractivity (Wildman–Crippen MR) is 76.4 cm³/mol. The molecule has 0 radical (unpaired) electrons. The molecule has 0 aromatic heterocycles. The zero-order valence-electron chi connectivity index (χ0n) is 9.43. The summed E-state index contributed by atoms with van der Waals surface area (Å²) in [6.07, 6.45) is 1.67. The van der Waals surface area contributed by atoms with Crippen LogP contribution in [0.5, 0.6) is 0 Å². The largest absolute Gasteiger partial charge is 0.365 e. The van der Waals surface area contributed by atoms with Gasteiger partial charge in [0.25, 0.3) is 5.91 Å². The smallest absolute Gasteiger partial charge is 0.256 e. The fourth-order valence-electron chi connectivity index (χ4n) is 1.80. The highest BCUT2D eigenvalue weighted by molar-refractivity contribution is 14.1. The number of carbonyl (C=O) groups is 1. The summed E-state index contributed by atoms with van der Waals surface area (Å²) in [5, 5.41) is 3.37. The van der Waals surface area contributed by atoms with Crippen LogP contribution in [0.4, 0.5) is 5.69 Å². The lowest BCUT2D eigenvalue weighted by molar-refractivity contribution is -0.133. The molecule has 1 aliphatic rings. The Morgan fingerprint density at radius 3 is 2.94 bits per heavy atom. The van der Waals surface area contributed by atoms with Crippen molar-refractivity contribution in [3.63, 3.8) is 0 Å². The van der Waals surface area contributed by atoms with Gasteiger partial charge in [0.2, 0.25) is 0 Å². The lowest BCUT2D eigenvalue weighted by Gasteiger charge is -2.22. The Morgan fingerprint density at radius 1 is 1.59 bits per heavy atom. The minimum Gasteiger partial charge on any atom is -0.365 e. The number of benzene rings is 1. The van der Waals surface area contributed by atoms with Crippen LogP contribution in [0.15, 0.2) is 18.2 Å². The zero-order chi connectivity index (χ0) is 12.5. The molecule has 17 heavy (non-hydrogen) atoms. The molecule has 5 heteroatoms. The maximum Gasteiger partial charge on any atom is 0.256 e. The van der Waals surface area contributed by atoms with E-state index in [9.17, 15) is 4.79 Å². The molecule has 0 spiro atoms. The maximum absolute atomic E-state index is 12.1. The quantitative estimate of drug-likeness (QED) is 0.815. The molecule has 1 heterocycles. The first-order valence-electron chi connectivity index (χ1n) is 5.42. The molecule has 92 valence electrons. The summed E-state index contributed by atoms with van der Waals surface area (Å²) in [5.41, 5.74) is -0.0828. The molecular formula is C12H13ClINO2. The summed E-state index contributed by atoms with van der Waals surface area (Å²) in [6, 6.07) is 5.52. The molecule has 1 saturated heterocycles. The average molecular weight is 366 g/mol. The highest BCUT2D eigenvalue weighted by Crippen LogP contribution is 2.29. The topological polar surface area (TPSA) is 38.3 Å². The van der Waals surface area contributed by atoms with Crippen molar-refractivity contribution >= 4 is 45.8 Å². The highest BCUT2D eigenvalue weighted by atomic mass is 127. The van der Waals surface area contributed by atoms with Crippen molar-refractivity contribution in [2.75, 3.05) is 11.9 Å². The first kappa shape index (κ1) is 13.1. The van der Waals surface area contributed by atoms with Gasteiger partial charge in [-0.15, -0.1) is 0 Å². The number of amides is 1. The summed E-state index contributed by atoms with van der Waals surface area (Å²) in [4.78, 5) is 12.1. The predicted octanol–water partition coefficient (Wildman–Crippen LogP) is 3.45. The van der Waals surface area contributed by atoms with Crippen LogP contribution in [0.2, 0.25) is 5.02 Å². The van der Waals surface area contributed by atoms with E-state index < -0.39 is 5.60 Å². The van der Waals surface area contributed by atoms with E-state index >= 15 is 0 Å². The first-order chi connectivity index (χ1) is 8.01. The van der Waals surface area contributed by atoms with Crippen LogP contribution in [0, 0.1) is 3.57 Å². The number of rotatable bonds is 2. The van der Waals surface area contributed by atoms with Gasteiger partial charge in [0, 0.05) is 10.2 Å². The van der Waals surface area contributed by atoms with Crippen molar-refractivity contribution < 1.29 is 9.53 Å². The van der Waals surface area contributed by atoms with Crippen LogP contribution in [0.3, 0.4) is 0 Å². The van der Waals surface area contributed by atoms with Gasteiger partial charge >= 0.3 is 0 Å². The minimum absolute atomic E-state index is 0.127. The number of hydrogen-bond donors (Lipinski definition) is 1. The number of anilines is 1. The molecule has 1 aromatic carbocycles. The molecule has 1 amide bonds. The Labute approximate surface area is 119 Å². The van der Waals surface area contributed by atoms with E-state index in [1.165, 1.54) is 0 Å². The number of nitrogens with one attached hydrogen (secondary N) is 1. The minimum atomic E-state index is -0.716. The SMILES string of the molecule is CC1(C(=O)Nc2ccc(I)cc2Cl)CCCO1. The van der Waals surface area contributed by atoms with Gasteiger partial charge in [-0.1, -0.05) is 11.6 Å². The van der Waals surface area contributed by atoms with Gasteiger partial charge in [-0.3, -0.25) is 4.79 Å². The van der Waals surface area contributed by atoms with E-state index in [2.05, 4.69) is 27.9 Å². The molecule has 1 aliphatic heterocycles. The summed E-state index contributed by atoms with van der Waals surface area (Å²) in [6.45, 7) is 2.46. The van der Waals surface area contributed by atoms with Crippen LogP contribution in [-0.4, -0.2) is 18.1 Å². The summed E-state index contributed by atoms with van der Waals surface area (Å²) >= 11 is 8.24. The van der Waals surface area contributed by atoms with Crippen molar-refractivity contribution in [2.24, 2.45) is 0 Å². The summed E-state index contributed by atoms with van der Waals surface area (Å²) in [5.74, 6) is -0.127. The van der Waals surface area contributed by atoms with Crippen LogP contribution in [0.25, 0.3) is 0 Å². The van der Waals surface area contributed by atoms with Crippen molar-refractivity contribution in [1.29, 1.82) is 0 Å². The first-order valence-corrected chi connectivity index (χ1v) is 6.87. The second-order valence-electron chi connectivity index (χ2n) is 4.26. The van der Waals surface area contributed by atoms with E-state index in [4.69, 9.17) is 16.3 Å². The van der Waals surface area contributed by atoms with E-state index in [1.54, 1.807) is 6.07 Å². The fraction of sp³-hybridized carbons (Fsp3) is 0.417. The van der Waals surface area contributed by atoms with Gasteiger partial charge in [-0.05, 0) is 60.6 Å².